The fraction of sp³-hybridized carbons (Fsp3) is 0.333. The molecule has 1 aromatic heterocycles. The number of benzene rings is 2. The smallest absolute Gasteiger partial charge is 0.233 e. The molecule has 1 N–H and O–H groups in total. The van der Waals surface area contributed by atoms with Crippen LogP contribution in [-0.2, 0) is 4.79 Å². The molecule has 30 heavy (non-hydrogen) atoms. The van der Waals surface area contributed by atoms with Crippen LogP contribution in [0.3, 0.4) is 0 Å². The summed E-state index contributed by atoms with van der Waals surface area (Å²) in [6.07, 6.45) is 3.71. The number of hydrogen-bond donors (Lipinski definition) is 1. The van der Waals surface area contributed by atoms with Gasteiger partial charge >= 0.3 is 0 Å². The Morgan fingerprint density at radius 3 is 2.87 bits per heavy atom. The summed E-state index contributed by atoms with van der Waals surface area (Å²) >= 11 is 1.72. The highest BCUT2D eigenvalue weighted by atomic mass is 32.2. The molecule has 1 amide bonds. The maximum atomic E-state index is 12.4. The van der Waals surface area contributed by atoms with Crippen LogP contribution in [-0.4, -0.2) is 41.2 Å². The quantitative estimate of drug-likeness (QED) is 0.548. The summed E-state index contributed by atoms with van der Waals surface area (Å²) < 4.78 is 5.44. The lowest BCUT2D eigenvalue weighted by Crippen LogP contribution is -2.30. The number of nitrogens with zero attached hydrogens (tertiary/aromatic N) is 2. The van der Waals surface area contributed by atoms with Crippen molar-refractivity contribution >= 4 is 34.3 Å². The number of nitrogens with one attached hydrogen (secondary N) is 1. The Bertz CT molecular complexity index is 1010. The minimum absolute atomic E-state index is 0.133. The molecule has 1 saturated heterocycles. The van der Waals surface area contributed by atoms with Crippen LogP contribution in [0, 0.1) is 0 Å². The van der Waals surface area contributed by atoms with E-state index in [1.165, 1.54) is 5.56 Å². The zero-order valence-electron chi connectivity index (χ0n) is 17.4. The van der Waals surface area contributed by atoms with E-state index in [4.69, 9.17) is 4.74 Å². The molecule has 0 radical (unpaired) electrons. The van der Waals surface area contributed by atoms with Crippen molar-refractivity contribution in [2.24, 2.45) is 0 Å². The topological polar surface area (TPSA) is 54.5 Å². The molecule has 2 aromatic carbocycles. The number of pyridine rings is 1. The summed E-state index contributed by atoms with van der Waals surface area (Å²) in [5, 5.41) is 4.77. The molecule has 3 aromatic rings. The maximum Gasteiger partial charge on any atom is 0.233 e. The summed E-state index contributed by atoms with van der Waals surface area (Å²) in [5.41, 5.74) is 3.13. The van der Waals surface area contributed by atoms with E-state index in [2.05, 4.69) is 29.4 Å². The molecule has 156 valence electrons. The van der Waals surface area contributed by atoms with Gasteiger partial charge in [0.05, 0.1) is 24.1 Å². The van der Waals surface area contributed by atoms with Gasteiger partial charge in [0.1, 0.15) is 11.1 Å². The van der Waals surface area contributed by atoms with Crippen molar-refractivity contribution in [3.8, 4) is 5.75 Å². The summed E-state index contributed by atoms with van der Waals surface area (Å²) in [6.45, 7) is 2.94. The summed E-state index contributed by atoms with van der Waals surface area (Å²) in [6, 6.07) is 18.5. The average Bonchev–Trinajstić information content (AvgIpc) is 3.14. The molecule has 1 aliphatic heterocycles. The molecular formula is C24H27N3O2S. The number of carbonyl (C=O) groups excluding carboxylic acids is 1. The van der Waals surface area contributed by atoms with Crippen molar-refractivity contribution in [3.05, 3.63) is 66.4 Å². The van der Waals surface area contributed by atoms with Gasteiger partial charge in [-0.15, -0.1) is 11.8 Å². The van der Waals surface area contributed by atoms with Crippen LogP contribution in [0.5, 0.6) is 5.75 Å². The number of anilines is 1. The number of ether oxygens (including phenoxy) is 1. The molecule has 5 nitrogen and oxygen atoms in total. The highest BCUT2D eigenvalue weighted by Gasteiger charge is 2.32. The summed E-state index contributed by atoms with van der Waals surface area (Å²) in [4.78, 5) is 19.0. The number of hydrogen-bond acceptors (Lipinski definition) is 5. The van der Waals surface area contributed by atoms with Gasteiger partial charge < -0.3 is 15.0 Å². The van der Waals surface area contributed by atoms with Gasteiger partial charge in [0.2, 0.25) is 5.91 Å². The molecule has 2 atom stereocenters. The van der Waals surface area contributed by atoms with Crippen molar-refractivity contribution in [3.63, 3.8) is 0 Å². The number of amides is 1. The van der Waals surface area contributed by atoms with Crippen molar-refractivity contribution in [2.75, 3.05) is 24.7 Å². The molecule has 6 heteroatoms. The van der Waals surface area contributed by atoms with Crippen LogP contribution in [0.4, 0.5) is 5.69 Å². The first kappa shape index (κ1) is 20.5. The highest BCUT2D eigenvalue weighted by molar-refractivity contribution is 8.00. The number of rotatable bonds is 8. The van der Waals surface area contributed by atoms with Crippen molar-refractivity contribution < 1.29 is 9.53 Å². The predicted octanol–water partition coefficient (Wildman–Crippen LogP) is 5.10. The Morgan fingerprint density at radius 1 is 1.23 bits per heavy atom. The van der Waals surface area contributed by atoms with Crippen LogP contribution in [0.2, 0.25) is 0 Å². The minimum Gasteiger partial charge on any atom is -0.497 e. The average molecular weight is 422 g/mol. The van der Waals surface area contributed by atoms with E-state index in [9.17, 15) is 4.79 Å². The van der Waals surface area contributed by atoms with E-state index in [1.807, 2.05) is 53.6 Å². The lowest BCUT2D eigenvalue weighted by molar-refractivity contribution is -0.128. The summed E-state index contributed by atoms with van der Waals surface area (Å²) in [5.74, 6) is 1.61. The predicted molar refractivity (Wildman–Crippen MR) is 124 cm³/mol. The third kappa shape index (κ3) is 4.54. The Kier molecular flexibility index (Phi) is 6.43. The van der Waals surface area contributed by atoms with Gasteiger partial charge in [-0.05, 0) is 37.5 Å². The molecule has 0 saturated carbocycles. The number of thioether (sulfide) groups is 1. The number of aromatic nitrogens is 1. The first-order valence-electron chi connectivity index (χ1n) is 10.3. The fourth-order valence-corrected chi connectivity index (χ4v) is 5.11. The molecule has 2 unspecified atom stereocenters. The molecule has 0 spiro atoms. The first-order valence-corrected chi connectivity index (χ1v) is 11.4. The Balaban J connectivity index is 1.38. The maximum absolute atomic E-state index is 12.4. The Labute approximate surface area is 181 Å². The van der Waals surface area contributed by atoms with E-state index < -0.39 is 0 Å². The van der Waals surface area contributed by atoms with Gasteiger partial charge in [0, 0.05) is 30.2 Å². The monoisotopic (exact) mass is 421 g/mol. The second-order valence-electron chi connectivity index (χ2n) is 7.60. The molecule has 0 aliphatic carbocycles. The third-order valence-corrected chi connectivity index (χ3v) is 6.66. The normalized spacial score (nSPS) is 17.3. The summed E-state index contributed by atoms with van der Waals surface area (Å²) in [7, 11) is 1.68. The Hall–Kier alpha value is -2.73. The molecule has 0 bridgehead atoms. The van der Waals surface area contributed by atoms with Crippen LogP contribution in [0.1, 0.15) is 30.7 Å². The lowest BCUT2D eigenvalue weighted by atomic mass is 10.1. The van der Waals surface area contributed by atoms with Crippen LogP contribution < -0.4 is 10.1 Å². The van der Waals surface area contributed by atoms with Crippen LogP contribution >= 0.6 is 11.8 Å². The number of methoxy groups -OCH3 is 1. The van der Waals surface area contributed by atoms with E-state index in [1.54, 1.807) is 18.9 Å². The molecule has 4 rings (SSSR count). The fourth-order valence-electron chi connectivity index (χ4n) is 3.89. The van der Waals surface area contributed by atoms with Gasteiger partial charge in [-0.1, -0.05) is 36.4 Å². The van der Waals surface area contributed by atoms with Gasteiger partial charge in [-0.25, -0.2) is 0 Å². The van der Waals surface area contributed by atoms with E-state index >= 15 is 0 Å². The number of fused-ring (bicyclic) bond motifs is 1. The second-order valence-corrected chi connectivity index (χ2v) is 8.67. The highest BCUT2D eigenvalue weighted by Crippen LogP contribution is 2.38. The largest absolute Gasteiger partial charge is 0.497 e. The van der Waals surface area contributed by atoms with Crippen LogP contribution in [0.25, 0.3) is 10.9 Å². The molecule has 1 fully saturated rings. The van der Waals surface area contributed by atoms with Gasteiger partial charge in [-0.2, -0.15) is 0 Å². The van der Waals surface area contributed by atoms with Gasteiger partial charge in [-0.3, -0.25) is 9.78 Å². The van der Waals surface area contributed by atoms with E-state index in [-0.39, 0.29) is 17.3 Å². The molecular weight excluding hydrogens is 394 g/mol. The minimum atomic E-state index is 0.133. The zero-order valence-corrected chi connectivity index (χ0v) is 18.2. The van der Waals surface area contributed by atoms with Gasteiger partial charge in [0.15, 0.2) is 0 Å². The van der Waals surface area contributed by atoms with Crippen molar-refractivity contribution in [1.29, 1.82) is 0 Å². The zero-order chi connectivity index (χ0) is 20.9. The molecule has 1 aliphatic rings. The van der Waals surface area contributed by atoms with E-state index in [0.29, 0.717) is 5.75 Å². The van der Waals surface area contributed by atoms with Crippen LogP contribution in [0.15, 0.2) is 60.8 Å². The Morgan fingerprint density at radius 2 is 2.07 bits per heavy atom. The van der Waals surface area contributed by atoms with Gasteiger partial charge in [0.25, 0.3) is 0 Å². The standard InChI is InChI=1S/C24H27N3O2S/c1-17(26-21-15-20(29-2)14-19-11-6-12-25-23(19)21)8-7-13-27-22(28)16-30-24(27)18-9-4-3-5-10-18/h3-6,9-12,14-15,17,24,26H,7-8,13,16H2,1-2H3. The first-order chi connectivity index (χ1) is 14.7. The van der Waals surface area contributed by atoms with Crippen molar-refractivity contribution in [2.45, 2.75) is 31.2 Å². The second kappa shape index (κ2) is 9.39. The molecule has 2 heterocycles. The SMILES string of the molecule is COc1cc(NC(C)CCCN2C(=O)CSC2c2ccccc2)c2ncccc2c1. The lowest BCUT2D eigenvalue weighted by Gasteiger charge is -2.25. The van der Waals surface area contributed by atoms with E-state index in [0.717, 1.165) is 41.7 Å². The number of carbonyl (C=O) groups is 1. The third-order valence-electron chi connectivity index (χ3n) is 5.40. The van der Waals surface area contributed by atoms with Crippen molar-refractivity contribution in [1.82, 2.24) is 9.88 Å².